The van der Waals surface area contributed by atoms with E-state index in [1.165, 1.54) is 0 Å². The molecule has 20 heavy (non-hydrogen) atoms. The second-order valence-corrected chi connectivity index (χ2v) is 4.02. The molecule has 1 aromatic carbocycles. The highest BCUT2D eigenvalue weighted by atomic mass is 19.4. The second-order valence-electron chi connectivity index (χ2n) is 4.02. The van der Waals surface area contributed by atoms with E-state index >= 15 is 0 Å². The SMILES string of the molecule is O=C(COCC(F)(F)F)Cc1ccc(C(F)(F)F)cc1. The zero-order valence-electron chi connectivity index (χ0n) is 10.0. The van der Waals surface area contributed by atoms with Crippen LogP contribution in [0, 0.1) is 0 Å². The van der Waals surface area contributed by atoms with Gasteiger partial charge in [0.15, 0.2) is 5.78 Å². The lowest BCUT2D eigenvalue weighted by molar-refractivity contribution is -0.175. The first-order valence-corrected chi connectivity index (χ1v) is 5.40. The van der Waals surface area contributed by atoms with Gasteiger partial charge in [0.1, 0.15) is 13.2 Å². The van der Waals surface area contributed by atoms with Gasteiger partial charge in [-0.15, -0.1) is 0 Å². The van der Waals surface area contributed by atoms with Crippen LogP contribution in [0.1, 0.15) is 11.1 Å². The van der Waals surface area contributed by atoms with Gasteiger partial charge >= 0.3 is 12.4 Å². The summed E-state index contributed by atoms with van der Waals surface area (Å²) in [5.74, 6) is -0.644. The number of halogens is 6. The molecule has 1 rings (SSSR count). The Morgan fingerprint density at radius 3 is 2.00 bits per heavy atom. The highest BCUT2D eigenvalue weighted by Gasteiger charge is 2.30. The molecule has 0 amide bonds. The van der Waals surface area contributed by atoms with E-state index in [0.717, 1.165) is 24.3 Å². The van der Waals surface area contributed by atoms with Gasteiger partial charge in [-0.05, 0) is 17.7 Å². The van der Waals surface area contributed by atoms with E-state index in [9.17, 15) is 31.1 Å². The monoisotopic (exact) mass is 300 g/mol. The number of rotatable bonds is 5. The number of hydrogen-bond acceptors (Lipinski definition) is 2. The number of benzene rings is 1. The molecule has 0 aliphatic carbocycles. The Hall–Kier alpha value is -1.57. The molecule has 0 aliphatic rings. The molecule has 0 saturated carbocycles. The molecule has 8 heteroatoms. The minimum atomic E-state index is -4.52. The predicted molar refractivity (Wildman–Crippen MR) is 57.0 cm³/mol. The van der Waals surface area contributed by atoms with E-state index in [0.29, 0.717) is 0 Å². The number of carbonyl (C=O) groups is 1. The highest BCUT2D eigenvalue weighted by molar-refractivity contribution is 5.82. The largest absolute Gasteiger partial charge is 0.416 e. The summed E-state index contributed by atoms with van der Waals surface area (Å²) in [4.78, 5) is 11.3. The van der Waals surface area contributed by atoms with Gasteiger partial charge in [0, 0.05) is 6.42 Å². The normalized spacial score (nSPS) is 12.5. The van der Waals surface area contributed by atoms with E-state index in [1.54, 1.807) is 0 Å². The van der Waals surface area contributed by atoms with E-state index in [2.05, 4.69) is 4.74 Å². The molecular weight excluding hydrogens is 290 g/mol. The molecule has 0 saturated heterocycles. The van der Waals surface area contributed by atoms with Crippen LogP contribution in [-0.2, 0) is 22.1 Å². The van der Waals surface area contributed by atoms with Crippen molar-refractivity contribution in [3.05, 3.63) is 35.4 Å². The lowest BCUT2D eigenvalue weighted by Crippen LogP contribution is -2.21. The fourth-order valence-corrected chi connectivity index (χ4v) is 1.37. The summed E-state index contributed by atoms with van der Waals surface area (Å²) < 4.78 is 76.2. The average Bonchev–Trinajstić information content (AvgIpc) is 2.26. The smallest absolute Gasteiger partial charge is 0.364 e. The maximum absolute atomic E-state index is 12.3. The molecule has 0 N–H and O–H groups in total. The van der Waals surface area contributed by atoms with Gasteiger partial charge in [0.25, 0.3) is 0 Å². The zero-order chi connectivity index (χ0) is 15.4. The molecule has 0 heterocycles. The number of ketones is 1. The number of ether oxygens (including phenoxy) is 1. The maximum atomic E-state index is 12.3. The average molecular weight is 300 g/mol. The summed E-state index contributed by atoms with van der Waals surface area (Å²) in [5, 5.41) is 0. The topological polar surface area (TPSA) is 26.3 Å². The number of alkyl halides is 6. The first-order valence-electron chi connectivity index (χ1n) is 5.40. The van der Waals surface area contributed by atoms with Crippen molar-refractivity contribution in [1.29, 1.82) is 0 Å². The van der Waals surface area contributed by atoms with Gasteiger partial charge in [-0.2, -0.15) is 26.3 Å². The molecule has 0 spiro atoms. The van der Waals surface area contributed by atoms with E-state index in [4.69, 9.17) is 0 Å². The van der Waals surface area contributed by atoms with E-state index < -0.39 is 36.9 Å². The zero-order valence-corrected chi connectivity index (χ0v) is 10.0. The van der Waals surface area contributed by atoms with Crippen LogP contribution in [0.5, 0.6) is 0 Å². The summed E-state index contributed by atoms with van der Waals surface area (Å²) in [6.07, 6.45) is -9.27. The van der Waals surface area contributed by atoms with Gasteiger partial charge in [-0.1, -0.05) is 12.1 Å². The molecule has 0 atom stereocenters. The fraction of sp³-hybridized carbons (Fsp3) is 0.417. The van der Waals surface area contributed by atoms with Gasteiger partial charge in [-0.25, -0.2) is 0 Å². The van der Waals surface area contributed by atoms with Gasteiger partial charge in [0.2, 0.25) is 0 Å². The Morgan fingerprint density at radius 2 is 1.55 bits per heavy atom. The number of carbonyl (C=O) groups excluding carboxylic acids is 1. The quantitative estimate of drug-likeness (QED) is 0.779. The molecule has 0 aliphatic heterocycles. The predicted octanol–water partition coefficient (Wildman–Crippen LogP) is 3.40. The molecule has 0 fully saturated rings. The van der Waals surface area contributed by atoms with Crippen LogP contribution in [0.4, 0.5) is 26.3 Å². The summed E-state index contributed by atoms with van der Waals surface area (Å²) >= 11 is 0. The van der Waals surface area contributed by atoms with Crippen molar-refractivity contribution in [3.63, 3.8) is 0 Å². The third-order valence-corrected chi connectivity index (χ3v) is 2.21. The van der Waals surface area contributed by atoms with Crippen molar-refractivity contribution in [3.8, 4) is 0 Å². The van der Waals surface area contributed by atoms with Crippen molar-refractivity contribution in [2.45, 2.75) is 18.8 Å². The van der Waals surface area contributed by atoms with Crippen LogP contribution >= 0.6 is 0 Å². The molecule has 0 aromatic heterocycles. The Bertz CT molecular complexity index is 447. The summed E-state index contributed by atoms with van der Waals surface area (Å²) in [5.41, 5.74) is -0.583. The molecule has 2 nitrogen and oxygen atoms in total. The van der Waals surface area contributed by atoms with Crippen molar-refractivity contribution in [1.82, 2.24) is 0 Å². The van der Waals surface area contributed by atoms with Crippen molar-refractivity contribution in [2.24, 2.45) is 0 Å². The third-order valence-electron chi connectivity index (χ3n) is 2.21. The molecule has 0 radical (unpaired) electrons. The second kappa shape index (κ2) is 6.25. The molecule has 0 unspecified atom stereocenters. The highest BCUT2D eigenvalue weighted by Crippen LogP contribution is 2.29. The lowest BCUT2D eigenvalue weighted by atomic mass is 10.1. The van der Waals surface area contributed by atoms with Gasteiger partial charge < -0.3 is 4.74 Å². The van der Waals surface area contributed by atoms with Crippen molar-refractivity contribution < 1.29 is 35.9 Å². The number of hydrogen-bond donors (Lipinski definition) is 0. The maximum Gasteiger partial charge on any atom is 0.416 e. The minimum Gasteiger partial charge on any atom is -0.364 e. The Kier molecular flexibility index (Phi) is 5.15. The van der Waals surface area contributed by atoms with Crippen LogP contribution in [0.25, 0.3) is 0 Å². The Balaban J connectivity index is 2.47. The van der Waals surface area contributed by atoms with Gasteiger partial charge in [0.05, 0.1) is 5.56 Å². The van der Waals surface area contributed by atoms with E-state index in [1.807, 2.05) is 0 Å². The van der Waals surface area contributed by atoms with Crippen LogP contribution in [-0.4, -0.2) is 25.2 Å². The molecular formula is C12H10F6O2. The van der Waals surface area contributed by atoms with Crippen LogP contribution in [0.2, 0.25) is 0 Å². The standard InChI is InChI=1S/C12H10F6O2/c13-11(14,15)7-20-6-10(19)5-8-1-3-9(4-2-8)12(16,17)18/h1-4H,5-7H2. The molecule has 112 valence electrons. The van der Waals surface area contributed by atoms with Gasteiger partial charge in [-0.3, -0.25) is 4.79 Å². The summed E-state index contributed by atoms with van der Waals surface area (Å²) in [6, 6.07) is 3.81. The van der Waals surface area contributed by atoms with Crippen LogP contribution < -0.4 is 0 Å². The van der Waals surface area contributed by atoms with E-state index in [-0.39, 0.29) is 12.0 Å². The first-order chi connectivity index (χ1) is 9.08. The first kappa shape index (κ1) is 16.5. The Labute approximate surface area is 110 Å². The minimum absolute atomic E-state index is 0.276. The molecule has 1 aromatic rings. The summed E-state index contributed by atoms with van der Waals surface area (Å²) in [6.45, 7) is -2.27. The Morgan fingerprint density at radius 1 is 1.00 bits per heavy atom. The van der Waals surface area contributed by atoms with Crippen molar-refractivity contribution >= 4 is 5.78 Å². The summed E-state index contributed by atoms with van der Waals surface area (Å²) in [7, 11) is 0. The van der Waals surface area contributed by atoms with Crippen LogP contribution in [0.15, 0.2) is 24.3 Å². The lowest BCUT2D eigenvalue weighted by Gasteiger charge is -2.08. The molecule has 0 bridgehead atoms. The fourth-order valence-electron chi connectivity index (χ4n) is 1.37. The number of Topliss-reactive ketones (excluding diaryl/α,β-unsaturated/α-hetero) is 1. The van der Waals surface area contributed by atoms with Crippen molar-refractivity contribution in [2.75, 3.05) is 13.2 Å². The third kappa shape index (κ3) is 6.05. The van der Waals surface area contributed by atoms with Crippen LogP contribution in [0.3, 0.4) is 0 Å².